The first-order valence-electron chi connectivity index (χ1n) is 6.52. The molecule has 18 heavy (non-hydrogen) atoms. The lowest BCUT2D eigenvalue weighted by molar-refractivity contribution is -0.132. The summed E-state index contributed by atoms with van der Waals surface area (Å²) in [7, 11) is 0. The van der Waals surface area contributed by atoms with E-state index in [1.54, 1.807) is 6.92 Å². The Kier molecular flexibility index (Phi) is 4.37. The van der Waals surface area contributed by atoms with Gasteiger partial charge in [0.25, 0.3) is 0 Å². The van der Waals surface area contributed by atoms with Gasteiger partial charge in [-0.1, -0.05) is 0 Å². The molecule has 2 atom stereocenters. The first kappa shape index (κ1) is 15.0. The summed E-state index contributed by atoms with van der Waals surface area (Å²) in [5.41, 5.74) is -0.818. The molecule has 0 aromatic rings. The quantitative estimate of drug-likeness (QED) is 0.689. The predicted octanol–water partition coefficient (Wildman–Crippen LogP) is 0.548. The van der Waals surface area contributed by atoms with Crippen molar-refractivity contribution in [2.24, 2.45) is 0 Å². The topological polar surface area (TPSA) is 70.2 Å². The largest absolute Gasteiger partial charge is 0.350 e. The monoisotopic (exact) mass is 255 g/mol. The highest BCUT2D eigenvalue weighted by atomic mass is 16.2. The number of amides is 2. The van der Waals surface area contributed by atoms with Crippen molar-refractivity contribution in [1.29, 1.82) is 0 Å². The Morgan fingerprint density at radius 3 is 2.39 bits per heavy atom. The van der Waals surface area contributed by atoms with E-state index in [-0.39, 0.29) is 17.4 Å². The highest BCUT2D eigenvalue weighted by Gasteiger charge is 2.37. The zero-order chi connectivity index (χ0) is 14.0. The van der Waals surface area contributed by atoms with Crippen LogP contribution in [-0.2, 0) is 9.59 Å². The van der Waals surface area contributed by atoms with Crippen LogP contribution in [0.1, 0.15) is 47.5 Å². The molecule has 1 fully saturated rings. The van der Waals surface area contributed by atoms with Crippen LogP contribution in [0.2, 0.25) is 0 Å². The maximum atomic E-state index is 12.1. The van der Waals surface area contributed by atoms with Gasteiger partial charge < -0.3 is 16.0 Å². The third-order valence-corrected chi connectivity index (χ3v) is 3.11. The van der Waals surface area contributed by atoms with Gasteiger partial charge >= 0.3 is 0 Å². The fourth-order valence-corrected chi connectivity index (χ4v) is 1.99. The Hall–Kier alpha value is -1.10. The smallest absolute Gasteiger partial charge is 0.242 e. The van der Waals surface area contributed by atoms with Gasteiger partial charge in [0, 0.05) is 5.54 Å². The van der Waals surface area contributed by atoms with Crippen LogP contribution in [0.5, 0.6) is 0 Å². The van der Waals surface area contributed by atoms with Crippen LogP contribution in [0.25, 0.3) is 0 Å². The molecule has 1 aliphatic heterocycles. The molecule has 0 aliphatic carbocycles. The van der Waals surface area contributed by atoms with Gasteiger partial charge in [-0.2, -0.15) is 0 Å². The third kappa shape index (κ3) is 3.98. The van der Waals surface area contributed by atoms with E-state index in [1.807, 2.05) is 27.7 Å². The van der Waals surface area contributed by atoms with Crippen LogP contribution in [0, 0.1) is 0 Å². The normalized spacial score (nSPS) is 25.6. The standard InChI is InChI=1S/C13H25N3O2/c1-9(10(17)16-12(2,3)4)15-11(18)13(5)7-6-8-14-13/h9,14H,6-8H2,1-5H3,(H,15,18)(H,16,17). The lowest BCUT2D eigenvalue weighted by Crippen LogP contribution is -2.57. The number of carbonyl (C=O) groups is 2. The van der Waals surface area contributed by atoms with E-state index in [0.29, 0.717) is 0 Å². The van der Waals surface area contributed by atoms with Gasteiger partial charge in [0.15, 0.2) is 0 Å². The zero-order valence-corrected chi connectivity index (χ0v) is 12.0. The van der Waals surface area contributed by atoms with Crippen molar-refractivity contribution in [2.75, 3.05) is 6.54 Å². The molecule has 2 unspecified atom stereocenters. The van der Waals surface area contributed by atoms with Crippen molar-refractivity contribution >= 4 is 11.8 Å². The maximum absolute atomic E-state index is 12.1. The number of nitrogens with one attached hydrogen (secondary N) is 3. The molecular formula is C13H25N3O2. The van der Waals surface area contributed by atoms with E-state index in [9.17, 15) is 9.59 Å². The van der Waals surface area contributed by atoms with Crippen molar-refractivity contribution in [3.8, 4) is 0 Å². The van der Waals surface area contributed by atoms with Crippen molar-refractivity contribution in [1.82, 2.24) is 16.0 Å². The molecule has 1 heterocycles. The Morgan fingerprint density at radius 2 is 1.94 bits per heavy atom. The van der Waals surface area contributed by atoms with Gasteiger partial charge in [-0.15, -0.1) is 0 Å². The van der Waals surface area contributed by atoms with Crippen LogP contribution in [0.4, 0.5) is 0 Å². The maximum Gasteiger partial charge on any atom is 0.242 e. The van der Waals surface area contributed by atoms with Crippen molar-refractivity contribution in [3.63, 3.8) is 0 Å². The van der Waals surface area contributed by atoms with E-state index >= 15 is 0 Å². The van der Waals surface area contributed by atoms with Crippen molar-refractivity contribution in [2.45, 2.75) is 64.6 Å². The average molecular weight is 255 g/mol. The summed E-state index contributed by atoms with van der Waals surface area (Å²) in [6.45, 7) is 10.2. The van der Waals surface area contributed by atoms with Crippen molar-refractivity contribution in [3.05, 3.63) is 0 Å². The molecule has 5 nitrogen and oxygen atoms in total. The Balaban J connectivity index is 2.51. The molecule has 1 rings (SSSR count). The van der Waals surface area contributed by atoms with E-state index in [4.69, 9.17) is 0 Å². The van der Waals surface area contributed by atoms with Crippen LogP contribution in [-0.4, -0.2) is 35.5 Å². The molecule has 0 saturated carbocycles. The SMILES string of the molecule is CC(NC(=O)C1(C)CCCN1)C(=O)NC(C)(C)C. The van der Waals surface area contributed by atoms with E-state index in [1.165, 1.54) is 0 Å². The van der Waals surface area contributed by atoms with Crippen molar-refractivity contribution < 1.29 is 9.59 Å². The Morgan fingerprint density at radius 1 is 1.33 bits per heavy atom. The number of rotatable bonds is 3. The van der Waals surface area contributed by atoms with Gasteiger partial charge in [-0.25, -0.2) is 0 Å². The second kappa shape index (κ2) is 5.26. The molecule has 104 valence electrons. The summed E-state index contributed by atoms with van der Waals surface area (Å²) in [5.74, 6) is -0.256. The minimum atomic E-state index is -0.531. The van der Waals surface area contributed by atoms with Gasteiger partial charge in [-0.05, 0) is 54.0 Å². The first-order valence-corrected chi connectivity index (χ1v) is 6.52. The molecule has 5 heteroatoms. The highest BCUT2D eigenvalue weighted by molar-refractivity contribution is 5.92. The van der Waals surface area contributed by atoms with Crippen LogP contribution >= 0.6 is 0 Å². The molecule has 2 amide bonds. The van der Waals surface area contributed by atoms with Crippen LogP contribution < -0.4 is 16.0 Å². The molecule has 3 N–H and O–H groups in total. The summed E-state index contributed by atoms with van der Waals surface area (Å²) < 4.78 is 0. The fourth-order valence-electron chi connectivity index (χ4n) is 1.99. The Bertz CT molecular complexity index is 328. The van der Waals surface area contributed by atoms with E-state index in [0.717, 1.165) is 19.4 Å². The van der Waals surface area contributed by atoms with Crippen LogP contribution in [0.15, 0.2) is 0 Å². The number of hydrogen-bond donors (Lipinski definition) is 3. The van der Waals surface area contributed by atoms with Gasteiger partial charge in [0.05, 0.1) is 5.54 Å². The lowest BCUT2D eigenvalue weighted by atomic mass is 9.99. The van der Waals surface area contributed by atoms with E-state index < -0.39 is 11.6 Å². The summed E-state index contributed by atoms with van der Waals surface area (Å²) >= 11 is 0. The molecule has 0 aromatic carbocycles. The fraction of sp³-hybridized carbons (Fsp3) is 0.846. The summed E-state index contributed by atoms with van der Waals surface area (Å²) in [4.78, 5) is 24.0. The number of hydrogen-bond acceptors (Lipinski definition) is 3. The lowest BCUT2D eigenvalue weighted by Gasteiger charge is -2.27. The van der Waals surface area contributed by atoms with Gasteiger partial charge in [0.2, 0.25) is 11.8 Å². The second-order valence-corrected chi connectivity index (χ2v) is 6.30. The molecule has 0 bridgehead atoms. The minimum Gasteiger partial charge on any atom is -0.350 e. The van der Waals surface area contributed by atoms with Gasteiger partial charge in [0.1, 0.15) is 6.04 Å². The number of carbonyl (C=O) groups excluding carboxylic acids is 2. The minimum absolute atomic E-state index is 0.100. The predicted molar refractivity (Wildman–Crippen MR) is 71.1 cm³/mol. The third-order valence-electron chi connectivity index (χ3n) is 3.11. The van der Waals surface area contributed by atoms with Crippen LogP contribution in [0.3, 0.4) is 0 Å². The summed E-state index contributed by atoms with van der Waals surface area (Å²) in [6.07, 6.45) is 1.80. The average Bonchev–Trinajstić information content (AvgIpc) is 2.63. The molecule has 0 aromatic heterocycles. The highest BCUT2D eigenvalue weighted by Crippen LogP contribution is 2.18. The summed E-state index contributed by atoms with van der Waals surface area (Å²) in [6, 6.07) is -0.518. The second-order valence-electron chi connectivity index (χ2n) is 6.30. The first-order chi connectivity index (χ1) is 8.14. The Labute approximate surface area is 109 Å². The molecule has 1 saturated heterocycles. The molecule has 0 radical (unpaired) electrons. The molecular weight excluding hydrogens is 230 g/mol. The van der Waals surface area contributed by atoms with E-state index in [2.05, 4.69) is 16.0 Å². The molecule has 0 spiro atoms. The molecule has 1 aliphatic rings. The zero-order valence-electron chi connectivity index (χ0n) is 12.0. The van der Waals surface area contributed by atoms with Gasteiger partial charge in [-0.3, -0.25) is 9.59 Å². The summed E-state index contributed by atoms with van der Waals surface area (Å²) in [5, 5.41) is 8.81.